The minimum absolute atomic E-state index is 0.217. The van der Waals surface area contributed by atoms with Crippen molar-refractivity contribution in [2.45, 2.75) is 26.8 Å². The van der Waals surface area contributed by atoms with Crippen LogP contribution in [0.25, 0.3) is 16.9 Å². The number of anilines is 3. The van der Waals surface area contributed by atoms with Gasteiger partial charge in [-0.1, -0.05) is 6.07 Å². The first-order chi connectivity index (χ1) is 15.0. The quantitative estimate of drug-likeness (QED) is 0.483. The molecule has 0 spiro atoms. The fourth-order valence-corrected chi connectivity index (χ4v) is 3.11. The van der Waals surface area contributed by atoms with E-state index in [0.717, 1.165) is 34.1 Å². The van der Waals surface area contributed by atoms with Crippen LogP contribution in [0, 0.1) is 18.3 Å². The fraction of sp³-hybridized carbons (Fsp3) is 0.174. The van der Waals surface area contributed by atoms with Crippen molar-refractivity contribution in [3.63, 3.8) is 0 Å². The summed E-state index contributed by atoms with van der Waals surface area (Å²) in [6.45, 7) is 5.93. The zero-order valence-electron chi connectivity index (χ0n) is 17.5. The third-order valence-corrected chi connectivity index (χ3v) is 4.53. The van der Waals surface area contributed by atoms with Crippen LogP contribution in [0.2, 0.25) is 0 Å². The monoisotopic (exact) mass is 410 g/mol. The summed E-state index contributed by atoms with van der Waals surface area (Å²) in [6.07, 6.45) is 3.40. The van der Waals surface area contributed by atoms with E-state index in [1.165, 1.54) is 0 Å². The Bertz CT molecular complexity index is 1240. The van der Waals surface area contributed by atoms with Crippen LogP contribution in [-0.2, 0) is 0 Å². The van der Waals surface area contributed by atoms with Gasteiger partial charge < -0.3 is 10.6 Å². The molecule has 31 heavy (non-hydrogen) atoms. The van der Waals surface area contributed by atoms with Gasteiger partial charge in [0, 0.05) is 23.5 Å². The van der Waals surface area contributed by atoms with Crippen LogP contribution in [0.4, 0.5) is 17.3 Å². The first-order valence-corrected chi connectivity index (χ1v) is 9.91. The van der Waals surface area contributed by atoms with Crippen LogP contribution >= 0.6 is 0 Å². The number of benzene rings is 2. The summed E-state index contributed by atoms with van der Waals surface area (Å²) < 4.78 is 1.73. The molecule has 2 aromatic carbocycles. The van der Waals surface area contributed by atoms with E-state index >= 15 is 0 Å². The molecular formula is C23H22N8. The standard InChI is InChI=1S/C23H22N8/c1-15(2)27-22-12-17(4-5-18(22)13-24)21-10-11-25-23(29-21)28-19-6-8-20(9-7-19)31-14-26-16(3)30-31/h4-12,14-15,27H,1-3H3,(H,25,28,29). The molecule has 0 aliphatic carbocycles. The average molecular weight is 410 g/mol. The SMILES string of the molecule is Cc1ncn(-c2ccc(Nc3nccc(-c4ccc(C#N)c(NC(C)C)c4)n3)cc2)n1. The van der Waals surface area contributed by atoms with Gasteiger partial charge in [-0.25, -0.2) is 19.6 Å². The number of nitriles is 1. The highest BCUT2D eigenvalue weighted by Crippen LogP contribution is 2.26. The number of hydrogen-bond donors (Lipinski definition) is 2. The Labute approximate surface area is 180 Å². The fourth-order valence-electron chi connectivity index (χ4n) is 3.11. The maximum absolute atomic E-state index is 9.36. The number of hydrogen-bond acceptors (Lipinski definition) is 7. The summed E-state index contributed by atoms with van der Waals surface area (Å²) in [5.74, 6) is 1.21. The van der Waals surface area contributed by atoms with Crippen LogP contribution in [0.5, 0.6) is 0 Å². The third kappa shape index (κ3) is 4.67. The maximum atomic E-state index is 9.36. The first kappa shape index (κ1) is 20.0. The lowest BCUT2D eigenvalue weighted by Gasteiger charge is -2.13. The van der Waals surface area contributed by atoms with Crippen molar-refractivity contribution in [2.75, 3.05) is 10.6 Å². The Morgan fingerprint density at radius 1 is 1.03 bits per heavy atom. The van der Waals surface area contributed by atoms with Gasteiger partial charge in [-0.05, 0) is 63.2 Å². The molecule has 8 heteroatoms. The molecule has 0 atom stereocenters. The molecule has 0 fully saturated rings. The predicted octanol–water partition coefficient (Wildman–Crippen LogP) is 4.47. The van der Waals surface area contributed by atoms with E-state index in [-0.39, 0.29) is 6.04 Å². The lowest BCUT2D eigenvalue weighted by atomic mass is 10.1. The summed E-state index contributed by atoms with van der Waals surface area (Å²) in [5, 5.41) is 20.2. The van der Waals surface area contributed by atoms with Gasteiger partial charge >= 0.3 is 0 Å². The van der Waals surface area contributed by atoms with Crippen LogP contribution in [0.15, 0.2) is 61.1 Å². The van der Waals surface area contributed by atoms with Gasteiger partial charge in [0.05, 0.1) is 22.6 Å². The molecule has 0 radical (unpaired) electrons. The van der Waals surface area contributed by atoms with E-state index in [4.69, 9.17) is 0 Å². The Hall–Kier alpha value is -4.25. The molecule has 0 aliphatic rings. The molecular weight excluding hydrogens is 388 g/mol. The Kier molecular flexibility index (Phi) is 5.58. The smallest absolute Gasteiger partial charge is 0.227 e. The summed E-state index contributed by atoms with van der Waals surface area (Å²) in [5.41, 5.74) is 4.85. The van der Waals surface area contributed by atoms with Crippen LogP contribution in [-0.4, -0.2) is 30.8 Å². The van der Waals surface area contributed by atoms with E-state index in [9.17, 15) is 5.26 Å². The van der Waals surface area contributed by atoms with E-state index in [0.29, 0.717) is 11.5 Å². The van der Waals surface area contributed by atoms with Crippen molar-refractivity contribution in [1.29, 1.82) is 5.26 Å². The van der Waals surface area contributed by atoms with Crippen molar-refractivity contribution in [3.05, 3.63) is 72.4 Å². The molecule has 2 heterocycles. The molecule has 0 saturated carbocycles. The molecule has 0 amide bonds. The van der Waals surface area contributed by atoms with Gasteiger partial charge in [0.25, 0.3) is 0 Å². The van der Waals surface area contributed by atoms with Crippen molar-refractivity contribution in [2.24, 2.45) is 0 Å². The first-order valence-electron chi connectivity index (χ1n) is 9.91. The lowest BCUT2D eigenvalue weighted by molar-refractivity contribution is 0.863. The van der Waals surface area contributed by atoms with Crippen LogP contribution in [0.1, 0.15) is 25.2 Å². The van der Waals surface area contributed by atoms with Crippen LogP contribution in [0.3, 0.4) is 0 Å². The number of nitrogens with zero attached hydrogens (tertiary/aromatic N) is 6. The molecule has 8 nitrogen and oxygen atoms in total. The van der Waals surface area contributed by atoms with E-state index < -0.39 is 0 Å². The number of aromatic nitrogens is 5. The van der Waals surface area contributed by atoms with E-state index in [1.54, 1.807) is 23.3 Å². The Morgan fingerprint density at radius 2 is 1.84 bits per heavy atom. The van der Waals surface area contributed by atoms with Crippen molar-refractivity contribution >= 4 is 17.3 Å². The Morgan fingerprint density at radius 3 is 2.52 bits per heavy atom. The largest absolute Gasteiger partial charge is 0.382 e. The van der Waals surface area contributed by atoms with Gasteiger partial charge in [0.2, 0.25) is 5.95 Å². The maximum Gasteiger partial charge on any atom is 0.227 e. The number of rotatable bonds is 6. The van der Waals surface area contributed by atoms with Crippen molar-refractivity contribution in [3.8, 4) is 23.0 Å². The van der Waals surface area contributed by atoms with Gasteiger partial charge in [-0.3, -0.25) is 0 Å². The summed E-state index contributed by atoms with van der Waals surface area (Å²) >= 11 is 0. The summed E-state index contributed by atoms with van der Waals surface area (Å²) in [4.78, 5) is 13.1. The summed E-state index contributed by atoms with van der Waals surface area (Å²) in [6, 6.07) is 17.7. The molecule has 0 unspecified atom stereocenters. The second-order valence-corrected chi connectivity index (χ2v) is 7.34. The molecule has 154 valence electrons. The molecule has 4 aromatic rings. The van der Waals surface area contributed by atoms with Gasteiger partial charge in [0.15, 0.2) is 0 Å². The second kappa shape index (κ2) is 8.63. The molecule has 4 rings (SSSR count). The zero-order valence-corrected chi connectivity index (χ0v) is 17.5. The number of nitrogens with one attached hydrogen (secondary N) is 2. The van der Waals surface area contributed by atoms with Gasteiger partial charge in [0.1, 0.15) is 18.2 Å². The van der Waals surface area contributed by atoms with E-state index in [2.05, 4.69) is 36.8 Å². The topological polar surface area (TPSA) is 104 Å². The molecule has 2 aromatic heterocycles. The third-order valence-electron chi connectivity index (χ3n) is 4.53. The molecule has 0 bridgehead atoms. The van der Waals surface area contributed by atoms with Gasteiger partial charge in [-0.2, -0.15) is 10.4 Å². The summed E-state index contributed by atoms with van der Waals surface area (Å²) in [7, 11) is 0. The minimum atomic E-state index is 0.217. The molecule has 2 N–H and O–H groups in total. The van der Waals surface area contributed by atoms with Crippen LogP contribution < -0.4 is 10.6 Å². The Balaban J connectivity index is 1.56. The highest BCUT2D eigenvalue weighted by atomic mass is 15.3. The highest BCUT2D eigenvalue weighted by Gasteiger charge is 2.09. The number of aryl methyl sites for hydroxylation is 1. The average Bonchev–Trinajstić information content (AvgIpc) is 3.20. The lowest BCUT2D eigenvalue weighted by Crippen LogP contribution is -2.11. The van der Waals surface area contributed by atoms with Gasteiger partial charge in [-0.15, -0.1) is 0 Å². The van der Waals surface area contributed by atoms with Crippen molar-refractivity contribution < 1.29 is 0 Å². The molecule has 0 saturated heterocycles. The minimum Gasteiger partial charge on any atom is -0.382 e. The van der Waals surface area contributed by atoms with Crippen molar-refractivity contribution in [1.82, 2.24) is 24.7 Å². The predicted molar refractivity (Wildman–Crippen MR) is 120 cm³/mol. The second-order valence-electron chi connectivity index (χ2n) is 7.34. The molecule has 0 aliphatic heterocycles. The highest BCUT2D eigenvalue weighted by molar-refractivity contribution is 5.71. The van der Waals surface area contributed by atoms with E-state index in [1.807, 2.05) is 63.2 Å². The zero-order chi connectivity index (χ0) is 21.8. The normalized spacial score (nSPS) is 10.7.